The molecule has 1 aromatic heterocycles. The number of aryl methyl sites for hydroxylation is 1. The van der Waals surface area contributed by atoms with Crippen molar-refractivity contribution in [3.63, 3.8) is 0 Å². The van der Waals surface area contributed by atoms with Crippen LogP contribution in [0.5, 0.6) is 5.75 Å². The molecule has 1 aliphatic heterocycles. The zero-order valence-corrected chi connectivity index (χ0v) is 12.0. The van der Waals surface area contributed by atoms with Crippen molar-refractivity contribution < 1.29 is 9.26 Å². The minimum absolute atomic E-state index is 0.334. The molecule has 1 aromatic carbocycles. The van der Waals surface area contributed by atoms with Gasteiger partial charge in [-0.2, -0.15) is 0 Å². The van der Waals surface area contributed by atoms with Gasteiger partial charge in [-0.05, 0) is 32.4 Å². The summed E-state index contributed by atoms with van der Waals surface area (Å²) in [5.74, 6) is 1.93. The molecule has 0 N–H and O–H groups in total. The minimum atomic E-state index is 0.334. The van der Waals surface area contributed by atoms with E-state index >= 15 is 0 Å². The van der Waals surface area contributed by atoms with Gasteiger partial charge in [0.1, 0.15) is 5.75 Å². The van der Waals surface area contributed by atoms with Gasteiger partial charge in [-0.3, -0.25) is 4.90 Å². The maximum atomic E-state index is 5.45. The molecule has 2 aromatic rings. The Balaban J connectivity index is 1.79. The molecular weight excluding hydrogens is 252 g/mol. The van der Waals surface area contributed by atoms with Crippen LogP contribution < -0.4 is 4.74 Å². The van der Waals surface area contributed by atoms with E-state index in [-0.39, 0.29) is 0 Å². The number of rotatable bonds is 4. The molecule has 1 atom stereocenters. The number of aromatic nitrogens is 1. The van der Waals surface area contributed by atoms with Crippen LogP contribution >= 0.6 is 0 Å². The van der Waals surface area contributed by atoms with Gasteiger partial charge in [0.15, 0.2) is 5.76 Å². The van der Waals surface area contributed by atoms with Crippen molar-refractivity contribution in [1.82, 2.24) is 10.1 Å². The summed E-state index contributed by atoms with van der Waals surface area (Å²) in [4.78, 5) is 2.44. The fourth-order valence-electron chi connectivity index (χ4n) is 2.93. The lowest BCUT2D eigenvalue weighted by molar-refractivity contribution is 0.204. The van der Waals surface area contributed by atoms with E-state index in [1.54, 1.807) is 7.11 Å². The summed E-state index contributed by atoms with van der Waals surface area (Å²) in [6.07, 6.45) is 2.32. The lowest BCUT2D eigenvalue weighted by Gasteiger charge is -2.23. The van der Waals surface area contributed by atoms with Gasteiger partial charge >= 0.3 is 0 Å². The van der Waals surface area contributed by atoms with Crippen molar-refractivity contribution in [3.8, 4) is 5.75 Å². The van der Waals surface area contributed by atoms with Crippen LogP contribution in [0.3, 0.4) is 0 Å². The predicted octanol–water partition coefficient (Wildman–Crippen LogP) is 3.33. The third kappa shape index (κ3) is 2.56. The van der Waals surface area contributed by atoms with Crippen molar-refractivity contribution in [2.75, 3.05) is 13.7 Å². The monoisotopic (exact) mass is 272 g/mol. The highest BCUT2D eigenvalue weighted by Crippen LogP contribution is 2.34. The molecule has 3 rings (SSSR count). The van der Waals surface area contributed by atoms with Crippen molar-refractivity contribution in [3.05, 3.63) is 47.3 Å². The summed E-state index contributed by atoms with van der Waals surface area (Å²) >= 11 is 0. The van der Waals surface area contributed by atoms with E-state index in [2.05, 4.69) is 22.2 Å². The van der Waals surface area contributed by atoms with Crippen LogP contribution in [-0.4, -0.2) is 23.7 Å². The van der Waals surface area contributed by atoms with Crippen LogP contribution in [0.1, 0.15) is 35.9 Å². The molecule has 0 saturated carbocycles. The summed E-state index contributed by atoms with van der Waals surface area (Å²) in [6.45, 7) is 3.93. The number of ether oxygens (including phenoxy) is 1. The van der Waals surface area contributed by atoms with Gasteiger partial charge in [0.05, 0.1) is 18.8 Å². The first-order valence-corrected chi connectivity index (χ1v) is 7.07. The zero-order chi connectivity index (χ0) is 13.9. The zero-order valence-electron chi connectivity index (χ0n) is 12.0. The number of methoxy groups -OCH3 is 1. The van der Waals surface area contributed by atoms with E-state index in [9.17, 15) is 0 Å². The number of hydrogen-bond acceptors (Lipinski definition) is 4. The van der Waals surface area contributed by atoms with Gasteiger partial charge in [0, 0.05) is 18.2 Å². The Morgan fingerprint density at radius 3 is 3.00 bits per heavy atom. The summed E-state index contributed by atoms with van der Waals surface area (Å²) in [6, 6.07) is 10.6. The topological polar surface area (TPSA) is 38.5 Å². The van der Waals surface area contributed by atoms with Crippen molar-refractivity contribution in [2.24, 2.45) is 0 Å². The average Bonchev–Trinajstić information content (AvgIpc) is 3.08. The summed E-state index contributed by atoms with van der Waals surface area (Å²) in [5, 5.41) is 4.01. The third-order valence-electron chi connectivity index (χ3n) is 3.90. The molecule has 1 saturated heterocycles. The number of nitrogens with zero attached hydrogens (tertiary/aromatic N) is 2. The second-order valence-corrected chi connectivity index (χ2v) is 5.31. The summed E-state index contributed by atoms with van der Waals surface area (Å²) < 4.78 is 10.9. The lowest BCUT2D eigenvalue weighted by Crippen LogP contribution is -2.22. The van der Waals surface area contributed by atoms with Crippen molar-refractivity contribution >= 4 is 0 Å². The van der Waals surface area contributed by atoms with Gasteiger partial charge < -0.3 is 9.26 Å². The highest BCUT2D eigenvalue weighted by atomic mass is 16.5. The highest BCUT2D eigenvalue weighted by molar-refractivity contribution is 5.33. The van der Waals surface area contributed by atoms with E-state index in [4.69, 9.17) is 9.26 Å². The SMILES string of the molecule is COc1ccccc1CN1CCC[C@H]1c1cc(C)no1. The third-order valence-corrected chi connectivity index (χ3v) is 3.90. The smallest absolute Gasteiger partial charge is 0.154 e. The van der Waals surface area contributed by atoms with E-state index in [0.29, 0.717) is 6.04 Å². The quantitative estimate of drug-likeness (QED) is 0.855. The first-order chi connectivity index (χ1) is 9.78. The Morgan fingerprint density at radius 1 is 1.40 bits per heavy atom. The van der Waals surface area contributed by atoms with Gasteiger partial charge in [0.2, 0.25) is 0 Å². The number of hydrogen-bond donors (Lipinski definition) is 0. The van der Waals surface area contributed by atoms with E-state index in [0.717, 1.165) is 36.7 Å². The van der Waals surface area contributed by atoms with E-state index in [1.807, 2.05) is 25.1 Å². The molecule has 0 unspecified atom stereocenters. The second kappa shape index (κ2) is 5.67. The molecule has 0 amide bonds. The Labute approximate surface area is 119 Å². The van der Waals surface area contributed by atoms with Crippen molar-refractivity contribution in [2.45, 2.75) is 32.4 Å². The molecule has 0 radical (unpaired) electrons. The first kappa shape index (κ1) is 13.2. The Bertz CT molecular complexity index is 579. The maximum absolute atomic E-state index is 5.45. The largest absolute Gasteiger partial charge is 0.496 e. The normalized spacial score (nSPS) is 19.4. The van der Waals surface area contributed by atoms with Crippen LogP contribution in [0.25, 0.3) is 0 Å². The number of likely N-dealkylation sites (tertiary alicyclic amines) is 1. The summed E-state index contributed by atoms with van der Waals surface area (Å²) in [5.41, 5.74) is 2.17. The lowest BCUT2D eigenvalue weighted by atomic mass is 10.1. The number of benzene rings is 1. The molecule has 4 nitrogen and oxygen atoms in total. The molecule has 106 valence electrons. The Kier molecular flexibility index (Phi) is 3.74. The standard InChI is InChI=1S/C16H20N2O2/c1-12-10-16(20-17-12)14-7-5-9-18(14)11-13-6-3-4-8-15(13)19-2/h3-4,6,8,10,14H,5,7,9,11H2,1-2H3/t14-/m0/s1. The predicted molar refractivity (Wildman–Crippen MR) is 76.6 cm³/mol. The first-order valence-electron chi connectivity index (χ1n) is 7.07. The fourth-order valence-corrected chi connectivity index (χ4v) is 2.93. The molecule has 20 heavy (non-hydrogen) atoms. The number of para-hydroxylation sites is 1. The fraction of sp³-hybridized carbons (Fsp3) is 0.438. The van der Waals surface area contributed by atoms with Crippen LogP contribution in [0.2, 0.25) is 0 Å². The van der Waals surface area contributed by atoms with Gasteiger partial charge in [-0.15, -0.1) is 0 Å². The minimum Gasteiger partial charge on any atom is -0.496 e. The van der Waals surface area contributed by atoms with Crippen LogP contribution in [-0.2, 0) is 6.54 Å². The Morgan fingerprint density at radius 2 is 2.25 bits per heavy atom. The summed E-state index contributed by atoms with van der Waals surface area (Å²) in [7, 11) is 1.72. The van der Waals surface area contributed by atoms with Crippen LogP contribution in [0, 0.1) is 6.92 Å². The molecule has 4 heteroatoms. The van der Waals surface area contributed by atoms with Gasteiger partial charge in [-0.1, -0.05) is 23.4 Å². The van der Waals surface area contributed by atoms with Gasteiger partial charge in [-0.25, -0.2) is 0 Å². The molecule has 0 spiro atoms. The second-order valence-electron chi connectivity index (χ2n) is 5.31. The molecule has 1 aliphatic rings. The molecular formula is C16H20N2O2. The Hall–Kier alpha value is -1.81. The highest BCUT2D eigenvalue weighted by Gasteiger charge is 2.29. The van der Waals surface area contributed by atoms with E-state index < -0.39 is 0 Å². The van der Waals surface area contributed by atoms with E-state index in [1.165, 1.54) is 12.0 Å². The van der Waals surface area contributed by atoms with Crippen molar-refractivity contribution in [1.29, 1.82) is 0 Å². The molecule has 2 heterocycles. The van der Waals surface area contributed by atoms with Crippen LogP contribution in [0.4, 0.5) is 0 Å². The molecule has 0 aliphatic carbocycles. The average molecular weight is 272 g/mol. The molecule has 0 bridgehead atoms. The van der Waals surface area contributed by atoms with Gasteiger partial charge in [0.25, 0.3) is 0 Å². The molecule has 1 fully saturated rings. The maximum Gasteiger partial charge on any atom is 0.154 e. The van der Waals surface area contributed by atoms with Crippen LogP contribution in [0.15, 0.2) is 34.9 Å².